The smallest absolute Gasteiger partial charge is 0.326 e. The average molecular weight is 473 g/mol. The van der Waals surface area contributed by atoms with Gasteiger partial charge in [0.1, 0.15) is 12.2 Å². The zero-order valence-electron chi connectivity index (χ0n) is 19.0. The second kappa shape index (κ2) is 11.6. The summed E-state index contributed by atoms with van der Waals surface area (Å²) in [4.78, 5) is 26.4. The third-order valence-corrected chi connectivity index (χ3v) is 8.82. The van der Waals surface area contributed by atoms with E-state index in [1.807, 2.05) is 60.7 Å². The Labute approximate surface area is 195 Å². The Bertz CT molecular complexity index is 969. The van der Waals surface area contributed by atoms with Crippen LogP contribution in [0.25, 0.3) is 0 Å². The highest BCUT2D eigenvalue weighted by Gasteiger charge is 2.43. The normalized spacial score (nSPS) is 20.8. The number of hydrogen-bond donors (Lipinski definition) is 2. The van der Waals surface area contributed by atoms with Crippen LogP contribution < -0.4 is 5.73 Å². The van der Waals surface area contributed by atoms with Gasteiger partial charge in [0.15, 0.2) is 0 Å². The van der Waals surface area contributed by atoms with Crippen molar-refractivity contribution in [2.75, 3.05) is 19.3 Å². The van der Waals surface area contributed by atoms with Gasteiger partial charge in [0.05, 0.1) is 12.4 Å². The third-order valence-electron chi connectivity index (χ3n) is 6.14. The van der Waals surface area contributed by atoms with Crippen LogP contribution in [0.4, 0.5) is 0 Å². The van der Waals surface area contributed by atoms with Crippen LogP contribution in [0, 0.1) is 5.92 Å². The minimum atomic E-state index is -3.51. The van der Waals surface area contributed by atoms with E-state index in [2.05, 4.69) is 0 Å². The Morgan fingerprint density at radius 1 is 1.12 bits per heavy atom. The number of carbonyl (C=O) groups is 2. The molecule has 1 saturated heterocycles. The van der Waals surface area contributed by atoms with Gasteiger partial charge in [-0.2, -0.15) is 0 Å². The fraction of sp³-hybridized carbons (Fsp3) is 0.440. The molecule has 33 heavy (non-hydrogen) atoms. The zero-order chi connectivity index (χ0) is 23.8. The second-order valence-electron chi connectivity index (χ2n) is 8.59. The van der Waals surface area contributed by atoms with Crippen LogP contribution >= 0.6 is 7.37 Å². The molecule has 2 aromatic carbocycles. The number of carboxylic acids is 1. The molecule has 0 radical (unpaired) electrons. The molecule has 1 heterocycles. The minimum absolute atomic E-state index is 0.0238. The van der Waals surface area contributed by atoms with Gasteiger partial charge in [0, 0.05) is 6.54 Å². The third kappa shape index (κ3) is 6.76. The van der Waals surface area contributed by atoms with Gasteiger partial charge in [-0.1, -0.05) is 60.7 Å². The van der Waals surface area contributed by atoms with Crippen molar-refractivity contribution in [3.05, 3.63) is 71.8 Å². The lowest BCUT2D eigenvalue weighted by atomic mass is 9.97. The van der Waals surface area contributed by atoms with Crippen LogP contribution in [0.3, 0.4) is 0 Å². The number of aliphatic carboxylic acids is 1. The topological polar surface area (TPSA) is 110 Å². The number of nitrogens with zero attached hydrogens (tertiary/aromatic N) is 1. The Balaban J connectivity index is 1.68. The maximum atomic E-state index is 13.6. The molecule has 1 aliphatic heterocycles. The van der Waals surface area contributed by atoms with E-state index in [0.29, 0.717) is 32.2 Å². The molecule has 0 bridgehead atoms. The van der Waals surface area contributed by atoms with Gasteiger partial charge >= 0.3 is 5.97 Å². The predicted molar refractivity (Wildman–Crippen MR) is 128 cm³/mol. The van der Waals surface area contributed by atoms with Crippen LogP contribution in [0.1, 0.15) is 30.9 Å². The summed E-state index contributed by atoms with van der Waals surface area (Å²) in [6.07, 6.45) is 1.71. The molecule has 4 atom stereocenters. The number of rotatable bonds is 11. The van der Waals surface area contributed by atoms with Crippen LogP contribution in [0.15, 0.2) is 60.7 Å². The number of aryl methyl sites for hydroxylation is 1. The molecule has 0 aromatic heterocycles. The van der Waals surface area contributed by atoms with Gasteiger partial charge in [-0.05, 0) is 49.7 Å². The number of hydrogen-bond acceptors (Lipinski definition) is 5. The van der Waals surface area contributed by atoms with E-state index < -0.39 is 31.1 Å². The number of nitrogens with two attached hydrogens (primary N) is 1. The summed E-state index contributed by atoms with van der Waals surface area (Å²) >= 11 is 0. The first kappa shape index (κ1) is 25.2. The van der Waals surface area contributed by atoms with E-state index in [9.17, 15) is 19.3 Å². The number of carbonyl (C=O) groups excluding carboxylic acids is 1. The second-order valence-corrected chi connectivity index (χ2v) is 11.3. The Hall–Kier alpha value is -2.47. The fourth-order valence-electron chi connectivity index (χ4n) is 4.44. The highest BCUT2D eigenvalue weighted by Crippen LogP contribution is 2.51. The quantitative estimate of drug-likeness (QED) is 0.482. The number of amides is 1. The summed E-state index contributed by atoms with van der Waals surface area (Å²) in [5, 5.41) is 9.72. The maximum absolute atomic E-state index is 13.6. The van der Waals surface area contributed by atoms with Gasteiger partial charge in [0.2, 0.25) is 13.3 Å². The van der Waals surface area contributed by atoms with Crippen molar-refractivity contribution in [2.45, 2.75) is 44.4 Å². The molecule has 3 rings (SSSR count). The van der Waals surface area contributed by atoms with Crippen LogP contribution in [0.2, 0.25) is 0 Å². The molecule has 0 spiro atoms. The molecule has 1 amide bonds. The van der Waals surface area contributed by atoms with Crippen molar-refractivity contribution in [3.63, 3.8) is 0 Å². The lowest BCUT2D eigenvalue weighted by Crippen LogP contribution is -2.43. The van der Waals surface area contributed by atoms with Crippen molar-refractivity contribution in [1.29, 1.82) is 0 Å². The number of likely N-dealkylation sites (tertiary alicyclic amines) is 1. The van der Waals surface area contributed by atoms with Crippen LogP contribution in [-0.2, 0) is 31.5 Å². The van der Waals surface area contributed by atoms with Gasteiger partial charge in [0.25, 0.3) is 0 Å². The standard InChI is InChI=1S/C25H33N2O5P/c1-2-32-33(31,23(26)14-13-19-9-5-3-6-10-19)18-24(28)27-17-21(16-22(27)25(29)30)15-20-11-7-4-8-12-20/h3-12,21-23H,2,13-18,26H2,1H3,(H,29,30)/t21?,22-,23-,33?/m0/s1. The Morgan fingerprint density at radius 2 is 1.73 bits per heavy atom. The van der Waals surface area contributed by atoms with E-state index in [1.54, 1.807) is 6.92 Å². The lowest BCUT2D eigenvalue weighted by Gasteiger charge is -2.28. The average Bonchev–Trinajstić information content (AvgIpc) is 3.23. The number of benzene rings is 2. The molecule has 7 nitrogen and oxygen atoms in total. The Morgan fingerprint density at radius 3 is 2.30 bits per heavy atom. The summed E-state index contributed by atoms with van der Waals surface area (Å²) in [5.41, 5.74) is 8.45. The summed E-state index contributed by atoms with van der Waals surface area (Å²) in [6.45, 7) is 2.20. The molecule has 178 valence electrons. The van der Waals surface area contributed by atoms with Crippen LogP contribution in [-0.4, -0.2) is 53.0 Å². The largest absolute Gasteiger partial charge is 0.480 e. The number of carboxylic acid groups (broad SMARTS) is 1. The molecule has 8 heteroatoms. The molecule has 3 N–H and O–H groups in total. The molecular formula is C25H33N2O5P. The lowest BCUT2D eigenvalue weighted by molar-refractivity contribution is -0.147. The van der Waals surface area contributed by atoms with Crippen molar-refractivity contribution >= 4 is 19.2 Å². The van der Waals surface area contributed by atoms with E-state index >= 15 is 0 Å². The van der Waals surface area contributed by atoms with Crippen molar-refractivity contribution in [2.24, 2.45) is 11.7 Å². The SMILES string of the molecule is CCOP(=O)(CC(=O)N1CC(Cc2ccccc2)C[C@H]1C(=O)O)[C@H](N)CCc1ccccc1. The van der Waals surface area contributed by atoms with Crippen molar-refractivity contribution < 1.29 is 23.8 Å². The van der Waals surface area contributed by atoms with Gasteiger partial charge in [-0.3, -0.25) is 9.36 Å². The molecular weight excluding hydrogens is 439 g/mol. The van der Waals surface area contributed by atoms with E-state index in [-0.39, 0.29) is 18.7 Å². The highest BCUT2D eigenvalue weighted by atomic mass is 31.2. The monoisotopic (exact) mass is 472 g/mol. The zero-order valence-corrected chi connectivity index (χ0v) is 19.9. The first-order chi connectivity index (χ1) is 15.8. The van der Waals surface area contributed by atoms with Gasteiger partial charge < -0.3 is 20.3 Å². The van der Waals surface area contributed by atoms with E-state index in [0.717, 1.165) is 11.1 Å². The molecule has 2 unspecified atom stereocenters. The van der Waals surface area contributed by atoms with Crippen molar-refractivity contribution in [1.82, 2.24) is 4.90 Å². The van der Waals surface area contributed by atoms with Crippen LogP contribution in [0.5, 0.6) is 0 Å². The van der Waals surface area contributed by atoms with Gasteiger partial charge in [-0.15, -0.1) is 0 Å². The van der Waals surface area contributed by atoms with E-state index in [1.165, 1.54) is 4.90 Å². The predicted octanol–water partition coefficient (Wildman–Crippen LogP) is 3.76. The maximum Gasteiger partial charge on any atom is 0.326 e. The summed E-state index contributed by atoms with van der Waals surface area (Å²) in [7, 11) is -3.51. The molecule has 2 aromatic rings. The first-order valence-corrected chi connectivity index (χ1v) is 13.3. The van der Waals surface area contributed by atoms with Gasteiger partial charge in [-0.25, -0.2) is 4.79 Å². The summed E-state index contributed by atoms with van der Waals surface area (Å²) in [6, 6.07) is 18.6. The highest BCUT2D eigenvalue weighted by molar-refractivity contribution is 7.60. The molecule has 1 aliphatic rings. The Kier molecular flexibility index (Phi) is 8.84. The molecule has 1 fully saturated rings. The minimum Gasteiger partial charge on any atom is -0.480 e. The van der Waals surface area contributed by atoms with E-state index in [4.69, 9.17) is 10.3 Å². The molecule has 0 saturated carbocycles. The fourth-order valence-corrected chi connectivity index (χ4v) is 6.48. The molecule has 0 aliphatic carbocycles. The summed E-state index contributed by atoms with van der Waals surface area (Å²) in [5.74, 6) is -2.29. The first-order valence-electron chi connectivity index (χ1n) is 11.4. The summed E-state index contributed by atoms with van der Waals surface area (Å²) < 4.78 is 19.2. The van der Waals surface area contributed by atoms with Crippen molar-refractivity contribution in [3.8, 4) is 0 Å².